The normalized spacial score (nSPS) is 26.1. The van der Waals surface area contributed by atoms with Crippen molar-refractivity contribution in [3.05, 3.63) is 65.4 Å². The van der Waals surface area contributed by atoms with Gasteiger partial charge in [-0.2, -0.15) is 0 Å². The molecule has 1 saturated heterocycles. The summed E-state index contributed by atoms with van der Waals surface area (Å²) in [7, 11) is 2.12. The van der Waals surface area contributed by atoms with Gasteiger partial charge in [0, 0.05) is 23.6 Å². The molecule has 0 amide bonds. The second-order valence-corrected chi connectivity index (χ2v) is 7.90. The lowest BCUT2D eigenvalue weighted by Crippen LogP contribution is -2.46. The zero-order valence-electron chi connectivity index (χ0n) is 15.4. The van der Waals surface area contributed by atoms with Crippen molar-refractivity contribution in [3.63, 3.8) is 0 Å². The number of rotatable bonds is 1. The van der Waals surface area contributed by atoms with Gasteiger partial charge in [0.05, 0.1) is 0 Å². The van der Waals surface area contributed by atoms with Crippen LogP contribution < -0.4 is 4.74 Å². The monoisotopic (exact) mass is 361 g/mol. The lowest BCUT2D eigenvalue weighted by molar-refractivity contribution is -0.114. The van der Waals surface area contributed by atoms with E-state index in [0.29, 0.717) is 17.9 Å². The summed E-state index contributed by atoms with van der Waals surface area (Å²) >= 11 is 0. The quantitative estimate of drug-likeness (QED) is 0.844. The van der Waals surface area contributed by atoms with Crippen molar-refractivity contribution in [1.29, 1.82) is 0 Å². The van der Waals surface area contributed by atoms with Crippen LogP contribution >= 0.6 is 0 Å². The maximum absolute atomic E-state index is 12.3. The number of likely N-dealkylation sites (tertiary alicyclic amines) is 1. The van der Waals surface area contributed by atoms with Gasteiger partial charge in [0.1, 0.15) is 17.1 Å². The molecule has 2 aromatic carbocycles. The van der Waals surface area contributed by atoms with Crippen molar-refractivity contribution < 1.29 is 14.6 Å². The maximum Gasteiger partial charge on any atom is 0.163 e. The number of hydrogen-bond donors (Lipinski definition) is 1. The van der Waals surface area contributed by atoms with Crippen LogP contribution in [-0.2, 0) is 10.4 Å². The van der Waals surface area contributed by atoms with Crippen molar-refractivity contribution >= 4 is 16.6 Å². The number of hydrogen-bond acceptors (Lipinski definition) is 4. The van der Waals surface area contributed by atoms with Crippen LogP contribution in [0.1, 0.15) is 24.8 Å². The highest BCUT2D eigenvalue weighted by Crippen LogP contribution is 2.54. The van der Waals surface area contributed by atoms with Gasteiger partial charge in [0.2, 0.25) is 0 Å². The number of allylic oxidation sites excluding steroid dienone is 2. The van der Waals surface area contributed by atoms with Crippen LogP contribution in [0.2, 0.25) is 0 Å². The Labute approximate surface area is 158 Å². The minimum Gasteiger partial charge on any atom is -0.456 e. The molecule has 0 bridgehead atoms. The molecular formula is C23H23NO3. The molecule has 1 aliphatic carbocycles. The van der Waals surface area contributed by atoms with Crippen LogP contribution in [0.25, 0.3) is 10.8 Å². The Bertz CT molecular complexity index is 998. The van der Waals surface area contributed by atoms with Crippen molar-refractivity contribution in [3.8, 4) is 5.75 Å². The fraction of sp³-hybridized carbons (Fsp3) is 0.348. The first-order chi connectivity index (χ1) is 13.1. The highest BCUT2D eigenvalue weighted by atomic mass is 16.5. The van der Waals surface area contributed by atoms with Crippen molar-refractivity contribution in [2.45, 2.75) is 24.9 Å². The SMILES string of the molecule is CN1CCC(C2(O)C3=CCC(=O)C=C3Oc3ccc4ccccc4c32)CC1. The summed E-state index contributed by atoms with van der Waals surface area (Å²) in [6, 6.07) is 12.1. The number of aliphatic hydroxyl groups is 1. The molecule has 0 saturated carbocycles. The summed E-state index contributed by atoms with van der Waals surface area (Å²) in [6.07, 6.45) is 5.56. The van der Waals surface area contributed by atoms with Crippen LogP contribution in [0, 0.1) is 5.92 Å². The van der Waals surface area contributed by atoms with E-state index in [4.69, 9.17) is 4.74 Å². The lowest BCUT2D eigenvalue weighted by atomic mass is 9.67. The average Bonchev–Trinajstić information content (AvgIpc) is 2.68. The molecule has 138 valence electrons. The molecule has 0 spiro atoms. The van der Waals surface area contributed by atoms with Crippen LogP contribution in [0.4, 0.5) is 0 Å². The lowest BCUT2D eigenvalue weighted by Gasteiger charge is -2.46. The van der Waals surface area contributed by atoms with Gasteiger partial charge in [-0.15, -0.1) is 0 Å². The van der Waals surface area contributed by atoms with E-state index in [1.165, 1.54) is 0 Å². The van der Waals surface area contributed by atoms with E-state index in [-0.39, 0.29) is 11.7 Å². The van der Waals surface area contributed by atoms with Gasteiger partial charge in [0.15, 0.2) is 5.78 Å². The van der Waals surface area contributed by atoms with Crippen molar-refractivity contribution in [2.75, 3.05) is 20.1 Å². The van der Waals surface area contributed by atoms with Gasteiger partial charge in [-0.25, -0.2) is 0 Å². The van der Waals surface area contributed by atoms with E-state index >= 15 is 0 Å². The average molecular weight is 361 g/mol. The van der Waals surface area contributed by atoms with E-state index in [1.54, 1.807) is 6.08 Å². The van der Waals surface area contributed by atoms with Gasteiger partial charge in [-0.1, -0.05) is 36.4 Å². The Morgan fingerprint density at radius 1 is 1.15 bits per heavy atom. The number of carbonyl (C=O) groups excluding carboxylic acids is 1. The molecule has 5 rings (SSSR count). The number of fused-ring (bicyclic) bond motifs is 4. The first-order valence-corrected chi connectivity index (χ1v) is 9.64. The van der Waals surface area contributed by atoms with Gasteiger partial charge in [-0.05, 0) is 55.7 Å². The predicted molar refractivity (Wildman–Crippen MR) is 104 cm³/mol. The fourth-order valence-electron chi connectivity index (χ4n) is 4.85. The summed E-state index contributed by atoms with van der Waals surface area (Å²) in [4.78, 5) is 14.3. The third-order valence-electron chi connectivity index (χ3n) is 6.28. The van der Waals surface area contributed by atoms with E-state index in [1.807, 2.05) is 30.3 Å². The molecule has 1 N–H and O–H groups in total. The summed E-state index contributed by atoms with van der Waals surface area (Å²) in [5, 5.41) is 14.4. The highest BCUT2D eigenvalue weighted by molar-refractivity contribution is 5.95. The molecule has 2 aromatic rings. The molecule has 0 radical (unpaired) electrons. The van der Waals surface area contributed by atoms with Gasteiger partial charge >= 0.3 is 0 Å². The second kappa shape index (κ2) is 6.04. The number of carbonyl (C=O) groups is 1. The second-order valence-electron chi connectivity index (χ2n) is 7.90. The minimum absolute atomic E-state index is 0.0173. The first kappa shape index (κ1) is 16.7. The van der Waals surface area contributed by atoms with Crippen LogP contribution in [0.5, 0.6) is 5.75 Å². The Morgan fingerprint density at radius 2 is 1.93 bits per heavy atom. The summed E-state index contributed by atoms with van der Waals surface area (Å²) in [5.74, 6) is 1.28. The van der Waals surface area contributed by atoms with Crippen molar-refractivity contribution in [1.82, 2.24) is 4.90 Å². The molecule has 3 aliphatic rings. The third-order valence-corrected chi connectivity index (χ3v) is 6.28. The zero-order valence-corrected chi connectivity index (χ0v) is 15.4. The minimum atomic E-state index is -1.14. The molecule has 1 fully saturated rings. The van der Waals surface area contributed by atoms with E-state index < -0.39 is 5.60 Å². The summed E-state index contributed by atoms with van der Waals surface area (Å²) in [5.41, 5.74) is 0.482. The topological polar surface area (TPSA) is 49.8 Å². The molecule has 1 unspecified atom stereocenters. The van der Waals surface area contributed by atoms with Crippen LogP contribution in [-0.4, -0.2) is 35.9 Å². The molecule has 0 aromatic heterocycles. The van der Waals surface area contributed by atoms with E-state index in [9.17, 15) is 9.90 Å². The number of piperidine rings is 1. The molecule has 4 nitrogen and oxygen atoms in total. The Balaban J connectivity index is 1.77. The summed E-state index contributed by atoms with van der Waals surface area (Å²) < 4.78 is 6.12. The van der Waals surface area contributed by atoms with Crippen LogP contribution in [0.15, 0.2) is 59.9 Å². The molecular weight excluding hydrogens is 338 g/mol. The first-order valence-electron chi connectivity index (χ1n) is 9.64. The van der Waals surface area contributed by atoms with Gasteiger partial charge < -0.3 is 14.7 Å². The fourth-order valence-corrected chi connectivity index (χ4v) is 4.85. The van der Waals surface area contributed by atoms with E-state index in [2.05, 4.69) is 24.1 Å². The highest BCUT2D eigenvalue weighted by Gasteiger charge is 2.50. The number of ether oxygens (including phenoxy) is 1. The largest absolute Gasteiger partial charge is 0.456 e. The van der Waals surface area contributed by atoms with Gasteiger partial charge in [0.25, 0.3) is 0 Å². The Kier molecular flexibility index (Phi) is 3.74. The van der Waals surface area contributed by atoms with Gasteiger partial charge in [-0.3, -0.25) is 4.79 Å². The Hall–Kier alpha value is -2.43. The molecule has 27 heavy (non-hydrogen) atoms. The molecule has 2 aliphatic heterocycles. The number of nitrogens with zero attached hydrogens (tertiary/aromatic N) is 1. The smallest absolute Gasteiger partial charge is 0.163 e. The molecule has 1 atom stereocenters. The number of ketones is 1. The Morgan fingerprint density at radius 3 is 2.74 bits per heavy atom. The molecule has 2 heterocycles. The van der Waals surface area contributed by atoms with Crippen LogP contribution in [0.3, 0.4) is 0 Å². The number of benzene rings is 2. The predicted octanol–water partition coefficient (Wildman–Crippen LogP) is 3.54. The zero-order chi connectivity index (χ0) is 18.6. The standard InChI is InChI=1S/C23H23NO3/c1-24-12-10-16(11-13-24)23(26)19-8-7-17(25)14-21(19)27-20-9-6-15-4-2-3-5-18(15)22(20)23/h2-6,8-9,14,16,26H,7,10-13H2,1H3. The maximum atomic E-state index is 12.3. The molecule has 4 heteroatoms. The van der Waals surface area contributed by atoms with Crippen molar-refractivity contribution in [2.24, 2.45) is 5.92 Å². The summed E-state index contributed by atoms with van der Waals surface area (Å²) in [6.45, 7) is 1.92. The van der Waals surface area contributed by atoms with E-state index in [0.717, 1.165) is 47.8 Å². The third kappa shape index (κ3) is 2.47.